The fraction of sp³-hybridized carbons (Fsp3) is 0.800. The van der Waals surface area contributed by atoms with Gasteiger partial charge in [0.05, 0.1) is 6.54 Å². The molecule has 1 fully saturated rings. The molecule has 1 aliphatic heterocycles. The summed E-state index contributed by atoms with van der Waals surface area (Å²) in [6, 6.07) is 0. The van der Waals surface area contributed by atoms with E-state index in [-0.39, 0.29) is 6.10 Å². The van der Waals surface area contributed by atoms with Gasteiger partial charge in [-0.05, 0) is 25.8 Å². The average Bonchev–Trinajstić information content (AvgIpc) is 2.87. The van der Waals surface area contributed by atoms with E-state index in [2.05, 4.69) is 22.4 Å². The van der Waals surface area contributed by atoms with Crippen molar-refractivity contribution in [2.45, 2.75) is 38.8 Å². The van der Waals surface area contributed by atoms with Gasteiger partial charge < -0.3 is 14.5 Å². The normalized spacial score (nSPS) is 21.0. The molecule has 1 aromatic rings. The summed E-state index contributed by atoms with van der Waals surface area (Å²) in [7, 11) is 0. The van der Waals surface area contributed by atoms with Gasteiger partial charge in [0.1, 0.15) is 6.10 Å². The molecule has 84 valence electrons. The first-order valence-electron chi connectivity index (χ1n) is 5.54. The van der Waals surface area contributed by atoms with Gasteiger partial charge in [-0.3, -0.25) is 0 Å². The van der Waals surface area contributed by atoms with Gasteiger partial charge in [0.25, 0.3) is 0 Å². The van der Waals surface area contributed by atoms with Gasteiger partial charge in [-0.25, -0.2) is 0 Å². The molecule has 0 saturated carbocycles. The Morgan fingerprint density at radius 3 is 3.13 bits per heavy atom. The number of nitrogens with zero attached hydrogens (tertiary/aromatic N) is 2. The first-order chi connectivity index (χ1) is 7.40. The maximum absolute atomic E-state index is 5.50. The summed E-state index contributed by atoms with van der Waals surface area (Å²) in [4.78, 5) is 0. The summed E-state index contributed by atoms with van der Waals surface area (Å²) in [5, 5.41) is 11.2. The van der Waals surface area contributed by atoms with Gasteiger partial charge in [0.2, 0.25) is 11.8 Å². The molecule has 0 spiro atoms. The highest BCUT2D eigenvalue weighted by molar-refractivity contribution is 4.88. The number of ether oxygens (including phenoxy) is 1. The lowest BCUT2D eigenvalue weighted by Crippen LogP contribution is -2.13. The van der Waals surface area contributed by atoms with Gasteiger partial charge in [-0.1, -0.05) is 6.92 Å². The van der Waals surface area contributed by atoms with Crippen LogP contribution < -0.4 is 5.32 Å². The molecule has 0 radical (unpaired) electrons. The second kappa shape index (κ2) is 5.23. The zero-order chi connectivity index (χ0) is 10.5. The van der Waals surface area contributed by atoms with E-state index < -0.39 is 0 Å². The van der Waals surface area contributed by atoms with E-state index in [1.165, 1.54) is 0 Å². The molecule has 5 heteroatoms. The first-order valence-corrected chi connectivity index (χ1v) is 5.54. The van der Waals surface area contributed by atoms with Crippen molar-refractivity contribution in [2.24, 2.45) is 0 Å². The molecule has 2 rings (SSSR count). The zero-order valence-corrected chi connectivity index (χ0v) is 9.03. The molecular formula is C10H17N3O2. The van der Waals surface area contributed by atoms with Crippen LogP contribution in [0.25, 0.3) is 0 Å². The fourth-order valence-electron chi connectivity index (χ4n) is 1.61. The highest BCUT2D eigenvalue weighted by atomic mass is 16.5. The van der Waals surface area contributed by atoms with E-state index in [9.17, 15) is 0 Å². The lowest BCUT2D eigenvalue weighted by molar-refractivity contribution is 0.0879. The van der Waals surface area contributed by atoms with Gasteiger partial charge in [0, 0.05) is 6.61 Å². The van der Waals surface area contributed by atoms with Crippen LogP contribution in [-0.4, -0.2) is 23.3 Å². The average molecular weight is 211 g/mol. The second-order valence-electron chi connectivity index (χ2n) is 3.71. The third-order valence-corrected chi connectivity index (χ3v) is 2.39. The van der Waals surface area contributed by atoms with E-state index in [1.54, 1.807) is 0 Å². The third kappa shape index (κ3) is 2.76. The van der Waals surface area contributed by atoms with Crippen LogP contribution in [0.3, 0.4) is 0 Å². The molecule has 0 amide bonds. The van der Waals surface area contributed by atoms with Crippen molar-refractivity contribution in [1.82, 2.24) is 15.5 Å². The topological polar surface area (TPSA) is 60.2 Å². The SMILES string of the molecule is CCCNCc1nnc(C2CCCO2)o1. The Morgan fingerprint density at radius 1 is 1.47 bits per heavy atom. The van der Waals surface area contributed by atoms with Crippen molar-refractivity contribution in [2.75, 3.05) is 13.2 Å². The minimum atomic E-state index is 0.0254. The van der Waals surface area contributed by atoms with E-state index >= 15 is 0 Å². The Kier molecular flexibility index (Phi) is 3.69. The summed E-state index contributed by atoms with van der Waals surface area (Å²) in [6.07, 6.45) is 3.20. The summed E-state index contributed by atoms with van der Waals surface area (Å²) >= 11 is 0. The minimum Gasteiger partial charge on any atom is -0.421 e. The zero-order valence-electron chi connectivity index (χ0n) is 9.03. The van der Waals surface area contributed by atoms with Crippen LogP contribution in [0.15, 0.2) is 4.42 Å². The van der Waals surface area contributed by atoms with E-state index in [0.29, 0.717) is 18.3 Å². The van der Waals surface area contributed by atoms with Crippen LogP contribution in [0.5, 0.6) is 0 Å². The molecule has 0 bridgehead atoms. The number of rotatable bonds is 5. The Labute approximate surface area is 89.2 Å². The molecule has 1 unspecified atom stereocenters. The van der Waals surface area contributed by atoms with Crippen LogP contribution >= 0.6 is 0 Å². The molecule has 1 saturated heterocycles. The fourth-order valence-corrected chi connectivity index (χ4v) is 1.61. The van der Waals surface area contributed by atoms with Gasteiger partial charge in [-0.2, -0.15) is 0 Å². The van der Waals surface area contributed by atoms with Crippen molar-refractivity contribution in [1.29, 1.82) is 0 Å². The van der Waals surface area contributed by atoms with Gasteiger partial charge >= 0.3 is 0 Å². The van der Waals surface area contributed by atoms with Crippen molar-refractivity contribution in [3.63, 3.8) is 0 Å². The van der Waals surface area contributed by atoms with Crippen molar-refractivity contribution in [3.8, 4) is 0 Å². The lowest BCUT2D eigenvalue weighted by atomic mass is 10.2. The number of hydrogen-bond donors (Lipinski definition) is 1. The summed E-state index contributed by atoms with van der Waals surface area (Å²) in [5.41, 5.74) is 0. The predicted octanol–water partition coefficient (Wildman–Crippen LogP) is 1.42. The van der Waals surface area contributed by atoms with Crippen molar-refractivity contribution >= 4 is 0 Å². The minimum absolute atomic E-state index is 0.0254. The smallest absolute Gasteiger partial charge is 0.245 e. The van der Waals surface area contributed by atoms with Crippen LogP contribution in [-0.2, 0) is 11.3 Å². The van der Waals surface area contributed by atoms with E-state index in [1.807, 2.05) is 0 Å². The molecule has 1 aromatic heterocycles. The molecule has 0 aliphatic carbocycles. The molecular weight excluding hydrogens is 194 g/mol. The quantitative estimate of drug-likeness (QED) is 0.746. The van der Waals surface area contributed by atoms with Crippen molar-refractivity contribution in [3.05, 3.63) is 11.8 Å². The van der Waals surface area contributed by atoms with Crippen LogP contribution in [0.1, 0.15) is 44.1 Å². The van der Waals surface area contributed by atoms with Crippen molar-refractivity contribution < 1.29 is 9.15 Å². The molecule has 5 nitrogen and oxygen atoms in total. The molecule has 1 aliphatic rings. The first kappa shape index (κ1) is 10.6. The standard InChI is InChI=1S/C10H17N3O2/c1-2-5-11-7-9-12-13-10(15-9)8-4-3-6-14-8/h8,11H,2-7H2,1H3. The number of nitrogens with one attached hydrogen (secondary N) is 1. The van der Waals surface area contributed by atoms with Crippen LogP contribution in [0, 0.1) is 0 Å². The summed E-state index contributed by atoms with van der Waals surface area (Å²) < 4.78 is 11.0. The molecule has 2 heterocycles. The number of aromatic nitrogens is 2. The second-order valence-corrected chi connectivity index (χ2v) is 3.71. The Hall–Kier alpha value is -0.940. The molecule has 1 atom stereocenters. The predicted molar refractivity (Wildman–Crippen MR) is 54.2 cm³/mol. The van der Waals surface area contributed by atoms with Gasteiger partial charge in [-0.15, -0.1) is 10.2 Å². The largest absolute Gasteiger partial charge is 0.421 e. The summed E-state index contributed by atoms with van der Waals surface area (Å²) in [5.74, 6) is 1.27. The maximum atomic E-state index is 5.50. The third-order valence-electron chi connectivity index (χ3n) is 2.39. The van der Waals surface area contributed by atoms with Gasteiger partial charge in [0.15, 0.2) is 0 Å². The number of hydrogen-bond acceptors (Lipinski definition) is 5. The highest BCUT2D eigenvalue weighted by Crippen LogP contribution is 2.27. The monoisotopic (exact) mass is 211 g/mol. The Morgan fingerprint density at radius 2 is 2.40 bits per heavy atom. The molecule has 1 N–H and O–H groups in total. The lowest BCUT2D eigenvalue weighted by Gasteiger charge is -2.01. The molecule has 0 aromatic carbocycles. The van der Waals surface area contributed by atoms with Crippen LogP contribution in [0.4, 0.5) is 0 Å². The van der Waals surface area contributed by atoms with E-state index in [4.69, 9.17) is 9.15 Å². The van der Waals surface area contributed by atoms with Crippen LogP contribution in [0.2, 0.25) is 0 Å². The highest BCUT2D eigenvalue weighted by Gasteiger charge is 2.23. The Bertz CT molecular complexity index is 295. The maximum Gasteiger partial charge on any atom is 0.245 e. The Balaban J connectivity index is 1.86. The summed E-state index contributed by atoms with van der Waals surface area (Å²) in [6.45, 7) is 4.54. The van der Waals surface area contributed by atoms with E-state index in [0.717, 1.165) is 32.4 Å². The molecule has 15 heavy (non-hydrogen) atoms.